The maximum atomic E-state index is 13.4. The predicted molar refractivity (Wildman–Crippen MR) is 145 cm³/mol. The molecule has 40 heavy (non-hydrogen) atoms. The van der Waals surface area contributed by atoms with Crippen LogP contribution < -0.4 is 11.1 Å². The number of hydrogen-bond donors (Lipinski definition) is 4. The van der Waals surface area contributed by atoms with Crippen molar-refractivity contribution in [3.8, 4) is 0 Å². The largest absolute Gasteiger partial charge is 0.397 e. The van der Waals surface area contributed by atoms with Crippen molar-refractivity contribution in [1.82, 2.24) is 0 Å². The molecular formula is C22H18N2Na2O11S3. The molecule has 0 saturated carbocycles. The Hall–Kier alpha value is -1.67. The molecule has 2 radical (unpaired) electrons. The quantitative estimate of drug-likeness (QED) is 0.121. The van der Waals surface area contributed by atoms with Gasteiger partial charge in [-0.2, -0.15) is 16.8 Å². The minimum Gasteiger partial charge on any atom is -0.397 e. The fourth-order valence-electron chi connectivity index (χ4n) is 3.90. The molecule has 5 N–H and O–H groups in total. The number of ketones is 2. The molecule has 3 aromatic carbocycles. The van der Waals surface area contributed by atoms with E-state index >= 15 is 0 Å². The third-order valence-electron chi connectivity index (χ3n) is 5.53. The molecule has 4 rings (SSSR count). The van der Waals surface area contributed by atoms with Crippen molar-refractivity contribution in [3.63, 3.8) is 0 Å². The van der Waals surface area contributed by atoms with E-state index in [1.165, 1.54) is 42.5 Å². The van der Waals surface area contributed by atoms with Crippen molar-refractivity contribution in [2.75, 3.05) is 23.4 Å². The molecule has 202 valence electrons. The van der Waals surface area contributed by atoms with Crippen LogP contribution in [0.5, 0.6) is 0 Å². The maximum absolute atomic E-state index is 13.4. The Balaban J connectivity index is 0.00000280. The number of anilines is 3. The molecule has 13 nitrogen and oxygen atoms in total. The van der Waals surface area contributed by atoms with E-state index in [0.717, 1.165) is 12.1 Å². The van der Waals surface area contributed by atoms with Crippen LogP contribution in [0.15, 0.2) is 64.4 Å². The predicted octanol–water partition coefficient (Wildman–Crippen LogP) is 0.866. The van der Waals surface area contributed by atoms with E-state index in [9.17, 15) is 39.4 Å². The first-order valence-corrected chi connectivity index (χ1v) is 14.9. The molecule has 0 aliphatic heterocycles. The fourth-order valence-corrected chi connectivity index (χ4v) is 6.07. The van der Waals surface area contributed by atoms with Gasteiger partial charge in [0.2, 0.25) is 0 Å². The van der Waals surface area contributed by atoms with E-state index in [0.29, 0.717) is 0 Å². The number of nitrogens with one attached hydrogen (secondary N) is 1. The molecule has 1 aliphatic rings. The summed E-state index contributed by atoms with van der Waals surface area (Å²) < 4.78 is 93.0. The Morgan fingerprint density at radius 3 is 1.93 bits per heavy atom. The molecular weight excluding hydrogens is 610 g/mol. The smallest absolute Gasteiger partial charge is 0.397 e. The van der Waals surface area contributed by atoms with Crippen LogP contribution >= 0.6 is 0 Å². The Labute approximate surface area is 273 Å². The summed E-state index contributed by atoms with van der Waals surface area (Å²) in [5.41, 5.74) is 4.35. The Morgan fingerprint density at radius 1 is 0.800 bits per heavy atom. The van der Waals surface area contributed by atoms with Crippen LogP contribution in [0.4, 0.5) is 17.1 Å². The van der Waals surface area contributed by atoms with E-state index in [4.69, 9.17) is 10.3 Å². The van der Waals surface area contributed by atoms with Gasteiger partial charge < -0.3 is 11.1 Å². The second-order valence-corrected chi connectivity index (χ2v) is 12.6. The number of sulfone groups is 1. The van der Waals surface area contributed by atoms with E-state index in [2.05, 4.69) is 9.50 Å². The van der Waals surface area contributed by atoms with Crippen LogP contribution in [0.2, 0.25) is 0 Å². The summed E-state index contributed by atoms with van der Waals surface area (Å²) in [5, 5.41) is 2.71. The van der Waals surface area contributed by atoms with Crippen molar-refractivity contribution in [1.29, 1.82) is 0 Å². The first-order valence-electron chi connectivity index (χ1n) is 10.4. The second kappa shape index (κ2) is 12.7. The number of carbonyl (C=O) groups excluding carboxylic acids is 2. The standard InChI is InChI=1S/C22H18N2O11S3.2Na/c23-20-17(37(29,30)31)11-16(18-19(20)22(26)15-7-2-1-6-14(15)21(18)25)24-12-4-3-5-13(10-12)36(27,28)9-8-35-38(32,33)34;;/h1-7,10-11,24H,8-9,23H2,(H,29,30,31)(H,32,33,34);;. The van der Waals surface area contributed by atoms with Crippen molar-refractivity contribution < 1.29 is 48.1 Å². The zero-order valence-corrected chi connectivity index (χ0v) is 27.4. The van der Waals surface area contributed by atoms with Gasteiger partial charge in [-0.1, -0.05) is 30.3 Å². The summed E-state index contributed by atoms with van der Waals surface area (Å²) in [6.45, 7) is -0.863. The average molecular weight is 629 g/mol. The molecule has 0 spiro atoms. The minimum absolute atomic E-state index is 0. The Morgan fingerprint density at radius 2 is 1.38 bits per heavy atom. The zero-order chi connectivity index (χ0) is 28.0. The maximum Gasteiger partial charge on any atom is 0.397 e. The Kier molecular flexibility index (Phi) is 10.9. The van der Waals surface area contributed by atoms with Gasteiger partial charge in [-0.25, -0.2) is 12.6 Å². The fraction of sp³-hybridized carbons (Fsp3) is 0.0909. The molecule has 18 heteroatoms. The number of hydrogen-bond acceptors (Lipinski definition) is 11. The average Bonchev–Trinajstić information content (AvgIpc) is 2.82. The van der Waals surface area contributed by atoms with E-state index < -0.39 is 70.4 Å². The summed E-state index contributed by atoms with van der Waals surface area (Å²) in [7, 11) is -13.9. The number of fused-ring (bicyclic) bond motifs is 2. The summed E-state index contributed by atoms with van der Waals surface area (Å²) in [4.78, 5) is 25.4. The van der Waals surface area contributed by atoms with Gasteiger partial charge in [0.25, 0.3) is 10.1 Å². The SMILES string of the molecule is Nc1c(S(=O)(=O)O)cc(Nc2cccc(S(=O)(=O)CCOS(=O)(=O)O)c2)c2c1C(=O)c1ccccc1C2=O.[Na].[Na]. The molecule has 0 amide bonds. The first kappa shape index (κ1) is 34.5. The van der Waals surface area contributed by atoms with Gasteiger partial charge >= 0.3 is 10.4 Å². The summed E-state index contributed by atoms with van der Waals surface area (Å²) in [6, 6.07) is 11.6. The monoisotopic (exact) mass is 628 g/mol. The van der Waals surface area contributed by atoms with Crippen LogP contribution in [0, 0.1) is 0 Å². The minimum atomic E-state index is -4.96. The van der Waals surface area contributed by atoms with Crippen molar-refractivity contribution in [2.24, 2.45) is 0 Å². The normalized spacial score (nSPS) is 12.9. The molecule has 0 aromatic heterocycles. The van der Waals surface area contributed by atoms with Gasteiger partial charge in [0.15, 0.2) is 21.4 Å². The summed E-state index contributed by atoms with van der Waals surface area (Å²) >= 11 is 0. The van der Waals surface area contributed by atoms with Crippen LogP contribution in [0.1, 0.15) is 31.8 Å². The first-order chi connectivity index (χ1) is 17.6. The van der Waals surface area contributed by atoms with Crippen molar-refractivity contribution >= 4 is 118 Å². The topological polar surface area (TPSA) is 224 Å². The zero-order valence-electron chi connectivity index (χ0n) is 21.0. The van der Waals surface area contributed by atoms with E-state index in [1.807, 2.05) is 0 Å². The number of nitrogen functional groups attached to an aromatic ring is 1. The number of nitrogens with two attached hydrogens (primary N) is 1. The molecule has 0 unspecified atom stereocenters. The molecule has 0 fully saturated rings. The molecule has 0 atom stereocenters. The molecule has 1 aliphatic carbocycles. The van der Waals surface area contributed by atoms with Crippen LogP contribution in [-0.2, 0) is 34.5 Å². The van der Waals surface area contributed by atoms with Gasteiger partial charge in [-0.3, -0.25) is 18.7 Å². The third kappa shape index (κ3) is 7.21. The van der Waals surface area contributed by atoms with Gasteiger partial charge in [0.1, 0.15) is 4.90 Å². The van der Waals surface area contributed by atoms with Gasteiger partial charge in [0, 0.05) is 75.9 Å². The van der Waals surface area contributed by atoms with Gasteiger partial charge in [-0.05, 0) is 24.3 Å². The van der Waals surface area contributed by atoms with Gasteiger partial charge in [0.05, 0.1) is 39.8 Å². The van der Waals surface area contributed by atoms with Crippen LogP contribution in [0.25, 0.3) is 0 Å². The van der Waals surface area contributed by atoms with Crippen LogP contribution in [-0.4, -0.2) is 117 Å². The van der Waals surface area contributed by atoms with Crippen molar-refractivity contribution in [3.05, 3.63) is 76.9 Å². The molecule has 3 aromatic rings. The third-order valence-corrected chi connectivity index (χ3v) is 8.57. The second-order valence-electron chi connectivity index (χ2n) is 7.99. The molecule has 0 heterocycles. The number of benzene rings is 3. The molecule has 0 bridgehead atoms. The van der Waals surface area contributed by atoms with E-state index in [-0.39, 0.29) is 92.1 Å². The van der Waals surface area contributed by atoms with Crippen LogP contribution in [0.3, 0.4) is 0 Å². The summed E-state index contributed by atoms with van der Waals surface area (Å²) in [5.74, 6) is -2.24. The Bertz CT molecular complexity index is 1840. The van der Waals surface area contributed by atoms with Crippen molar-refractivity contribution in [2.45, 2.75) is 9.79 Å². The summed E-state index contributed by atoms with van der Waals surface area (Å²) in [6.07, 6.45) is 0. The van der Waals surface area contributed by atoms with Gasteiger partial charge in [-0.15, -0.1) is 0 Å². The number of rotatable bonds is 8. The number of carbonyl (C=O) groups is 2. The van der Waals surface area contributed by atoms with E-state index in [1.54, 1.807) is 0 Å². The molecule has 0 saturated heterocycles.